The summed E-state index contributed by atoms with van der Waals surface area (Å²) >= 11 is 0. The van der Waals surface area contributed by atoms with Crippen LogP contribution in [0.3, 0.4) is 0 Å². The van der Waals surface area contributed by atoms with Gasteiger partial charge < -0.3 is 43.9 Å². The molecule has 7 rings (SSSR count). The van der Waals surface area contributed by atoms with E-state index in [0.29, 0.717) is 13.1 Å². The maximum absolute atomic E-state index is 13.9. The highest BCUT2D eigenvalue weighted by atomic mass is 16.8. The van der Waals surface area contributed by atoms with E-state index in [1.54, 1.807) is 20.8 Å². The second kappa shape index (κ2) is 7.23. The minimum Gasteiger partial charge on any atom is -0.456 e. The van der Waals surface area contributed by atoms with Crippen LogP contribution < -0.4 is 0 Å². The molecule has 7 fully saturated rings. The molecule has 2 aliphatic carbocycles. The third-order valence-corrected chi connectivity index (χ3v) is 10.8. The lowest BCUT2D eigenvalue weighted by Gasteiger charge is -2.48. The van der Waals surface area contributed by atoms with Crippen LogP contribution in [0.2, 0.25) is 0 Å². The van der Waals surface area contributed by atoms with Gasteiger partial charge in [0.15, 0.2) is 23.9 Å². The van der Waals surface area contributed by atoms with Crippen LogP contribution in [-0.4, -0.2) is 105 Å². The van der Waals surface area contributed by atoms with Gasteiger partial charge in [0.2, 0.25) is 11.9 Å². The molecule has 12 atom stereocenters. The van der Waals surface area contributed by atoms with Crippen molar-refractivity contribution in [2.45, 2.75) is 95.0 Å². The van der Waals surface area contributed by atoms with Crippen LogP contribution in [0, 0.1) is 28.1 Å². The topological polar surface area (TPSA) is 178 Å². The molecule has 0 bridgehead atoms. The van der Waals surface area contributed by atoms with Gasteiger partial charge >= 0.3 is 24.0 Å². The van der Waals surface area contributed by atoms with Gasteiger partial charge in [0.25, 0.3) is 0 Å². The van der Waals surface area contributed by atoms with Gasteiger partial charge in [-0.25, -0.2) is 14.4 Å². The zero-order chi connectivity index (χ0) is 28.1. The van der Waals surface area contributed by atoms with Crippen LogP contribution in [0.15, 0.2) is 0 Å². The predicted molar refractivity (Wildman–Crippen MR) is 123 cm³/mol. The summed E-state index contributed by atoms with van der Waals surface area (Å²) in [6.45, 7) is 7.53. The number of aliphatic hydroxyl groups excluding tert-OH is 2. The van der Waals surface area contributed by atoms with E-state index in [1.807, 2.05) is 0 Å². The van der Waals surface area contributed by atoms with E-state index in [-0.39, 0.29) is 0 Å². The monoisotopic (exact) mass is 551 g/mol. The molecule has 2 saturated carbocycles. The predicted octanol–water partition coefficient (Wildman–Crippen LogP) is -0.768. The molecule has 5 aliphatic heterocycles. The van der Waals surface area contributed by atoms with Crippen LogP contribution in [0.25, 0.3) is 0 Å². The molecule has 0 aromatic carbocycles. The van der Waals surface area contributed by atoms with E-state index in [0.717, 1.165) is 19.3 Å². The molecule has 13 nitrogen and oxygen atoms in total. The third-order valence-electron chi connectivity index (χ3n) is 10.8. The zero-order valence-electron chi connectivity index (χ0n) is 22.1. The Morgan fingerprint density at radius 1 is 1.00 bits per heavy atom. The van der Waals surface area contributed by atoms with Crippen LogP contribution >= 0.6 is 0 Å². The van der Waals surface area contributed by atoms with Gasteiger partial charge in [0.05, 0.1) is 17.4 Å². The molecule has 0 radical (unpaired) electrons. The van der Waals surface area contributed by atoms with Crippen molar-refractivity contribution < 1.29 is 58.2 Å². The first-order valence-electron chi connectivity index (χ1n) is 13.6. The molecule has 0 aromatic heterocycles. The Morgan fingerprint density at radius 3 is 2.31 bits per heavy atom. The lowest BCUT2D eigenvalue weighted by molar-refractivity contribution is -0.240. The standard InChI is InChI=1S/C26H33NO12/c1-10-17(30)35-16-15(37-21(33)27-8-6-5-7-9-27)24-14-11(28)12(22(2,3)4)23(24)13(29)18(31)38-20(23)39-26(24,19(32)36-14)25(10,16)34/h10-16,20,28-29,34H,5-9H2,1-4H3/t10-,11-,12?,13+,14?,15+,16?,20?,23?,24?,25-,26?/m1/s1. The van der Waals surface area contributed by atoms with Crippen molar-refractivity contribution in [3.05, 3.63) is 0 Å². The molecule has 39 heavy (non-hydrogen) atoms. The highest BCUT2D eigenvalue weighted by Crippen LogP contribution is 2.85. The normalized spacial score (nSPS) is 53.1. The highest BCUT2D eigenvalue weighted by Gasteiger charge is 3.06. The molecule has 1 amide bonds. The first kappa shape index (κ1) is 25.5. The van der Waals surface area contributed by atoms with Gasteiger partial charge in [-0.1, -0.05) is 20.8 Å². The summed E-state index contributed by atoms with van der Waals surface area (Å²) in [6, 6.07) is 0. The Bertz CT molecular complexity index is 1190. The van der Waals surface area contributed by atoms with Crippen molar-refractivity contribution in [3.8, 4) is 0 Å². The summed E-state index contributed by atoms with van der Waals surface area (Å²) in [6.07, 6.45) is -8.07. The van der Waals surface area contributed by atoms with Crippen LogP contribution in [0.1, 0.15) is 47.0 Å². The Morgan fingerprint density at radius 2 is 1.67 bits per heavy atom. The number of carbonyl (C=O) groups is 4. The van der Waals surface area contributed by atoms with Crippen LogP contribution in [-0.2, 0) is 38.1 Å². The number of fused-ring (bicyclic) bond motifs is 1. The highest BCUT2D eigenvalue weighted by molar-refractivity contribution is 5.94. The fourth-order valence-electron chi connectivity index (χ4n) is 9.64. The number of nitrogens with zero attached hydrogens (tertiary/aromatic N) is 1. The van der Waals surface area contributed by atoms with Crippen molar-refractivity contribution in [2.75, 3.05) is 13.1 Å². The second-order valence-corrected chi connectivity index (χ2v) is 13.2. The quantitative estimate of drug-likeness (QED) is 0.274. The summed E-state index contributed by atoms with van der Waals surface area (Å²) in [4.78, 5) is 54.9. The van der Waals surface area contributed by atoms with Crippen molar-refractivity contribution in [1.82, 2.24) is 4.90 Å². The van der Waals surface area contributed by atoms with Gasteiger partial charge in [0.1, 0.15) is 11.5 Å². The molecule has 13 heteroatoms. The fraction of sp³-hybridized carbons (Fsp3) is 0.846. The number of rotatable bonds is 1. The number of carbonyl (C=O) groups excluding carboxylic acids is 4. The molecule has 0 aromatic rings. The number of amides is 1. The zero-order valence-corrected chi connectivity index (χ0v) is 22.1. The number of hydrogen-bond donors (Lipinski definition) is 3. The van der Waals surface area contributed by atoms with E-state index in [2.05, 4.69) is 0 Å². The number of piperidine rings is 1. The Balaban J connectivity index is 1.52. The minimum absolute atomic E-state index is 0.412. The molecule has 7 aliphatic rings. The largest absolute Gasteiger partial charge is 0.456 e. The summed E-state index contributed by atoms with van der Waals surface area (Å²) < 4.78 is 29.3. The lowest BCUT2D eigenvalue weighted by atomic mass is 9.51. The Labute approximate surface area is 223 Å². The van der Waals surface area contributed by atoms with Crippen molar-refractivity contribution >= 4 is 24.0 Å². The van der Waals surface area contributed by atoms with E-state index in [4.69, 9.17) is 23.7 Å². The van der Waals surface area contributed by atoms with Gasteiger partial charge in [-0.3, -0.25) is 4.79 Å². The Hall–Kier alpha value is -2.48. The summed E-state index contributed by atoms with van der Waals surface area (Å²) in [7, 11) is 0. The van der Waals surface area contributed by atoms with E-state index in [1.165, 1.54) is 11.8 Å². The van der Waals surface area contributed by atoms with Gasteiger partial charge in [-0.2, -0.15) is 0 Å². The molecule has 7 unspecified atom stereocenters. The maximum atomic E-state index is 13.9. The number of hydrogen-bond acceptors (Lipinski definition) is 12. The molecule has 3 N–H and O–H groups in total. The summed E-state index contributed by atoms with van der Waals surface area (Å²) in [5.74, 6) is -5.34. The SMILES string of the molecule is C[C@@H]1C(=O)OC2[C@H](OC(=O)N3CCCCC3)C34C5OC(=O)C3(OC3OC(=O)[C@H](O)C34C(C(C)(C)C)[C@H]5O)[C@]21O. The fourth-order valence-corrected chi connectivity index (χ4v) is 9.64. The van der Waals surface area contributed by atoms with E-state index >= 15 is 0 Å². The summed E-state index contributed by atoms with van der Waals surface area (Å²) in [5, 5.41) is 35.9. The minimum atomic E-state index is -2.46. The number of ether oxygens (including phenoxy) is 5. The Kier molecular flexibility index (Phi) is 4.72. The maximum Gasteiger partial charge on any atom is 0.410 e. The number of aliphatic hydroxyl groups is 3. The molecular weight excluding hydrogens is 518 g/mol. The van der Waals surface area contributed by atoms with Gasteiger partial charge in [0, 0.05) is 19.0 Å². The van der Waals surface area contributed by atoms with Crippen LogP contribution in [0.4, 0.5) is 4.79 Å². The number of esters is 3. The average Bonchev–Trinajstić information content (AvgIpc) is 3.57. The molecule has 5 saturated heterocycles. The van der Waals surface area contributed by atoms with Crippen molar-refractivity contribution in [3.63, 3.8) is 0 Å². The van der Waals surface area contributed by atoms with Crippen molar-refractivity contribution in [2.24, 2.45) is 28.1 Å². The average molecular weight is 552 g/mol. The van der Waals surface area contributed by atoms with E-state index in [9.17, 15) is 34.5 Å². The molecule has 2 spiro atoms. The van der Waals surface area contributed by atoms with E-state index < -0.39 is 100 Å². The lowest BCUT2D eigenvalue weighted by Crippen LogP contribution is -2.67. The second-order valence-electron chi connectivity index (χ2n) is 13.2. The molecule has 214 valence electrons. The van der Waals surface area contributed by atoms with Gasteiger partial charge in [-0.15, -0.1) is 0 Å². The molecular formula is C26H33NO12. The molecule has 5 heterocycles. The van der Waals surface area contributed by atoms with Crippen LogP contribution in [0.5, 0.6) is 0 Å². The van der Waals surface area contributed by atoms with Gasteiger partial charge in [-0.05, 0) is 31.6 Å². The third kappa shape index (κ3) is 2.31. The number of likely N-dealkylation sites (tertiary alicyclic amines) is 1. The smallest absolute Gasteiger partial charge is 0.410 e. The first-order chi connectivity index (χ1) is 18.2. The van der Waals surface area contributed by atoms with Crippen molar-refractivity contribution in [1.29, 1.82) is 0 Å². The summed E-state index contributed by atoms with van der Waals surface area (Å²) in [5.41, 5.74) is -9.68. The first-order valence-corrected chi connectivity index (χ1v) is 13.6.